The van der Waals surface area contributed by atoms with Crippen LogP contribution >= 0.6 is 0 Å². The van der Waals surface area contributed by atoms with Crippen LogP contribution in [-0.4, -0.2) is 45.2 Å². The fraction of sp³-hybridized carbons (Fsp3) is 0.409. The molecule has 2 aromatic rings. The minimum absolute atomic E-state index is 0.0238. The summed E-state index contributed by atoms with van der Waals surface area (Å²) in [6.45, 7) is 1.46. The Morgan fingerprint density at radius 2 is 1.80 bits per heavy atom. The van der Waals surface area contributed by atoms with E-state index in [1.54, 1.807) is 29.2 Å². The molecule has 160 valence electrons. The topological polar surface area (TPSA) is 69.7 Å². The first-order valence-electron chi connectivity index (χ1n) is 10.1. The van der Waals surface area contributed by atoms with Crippen LogP contribution < -0.4 is 9.62 Å². The molecule has 0 saturated heterocycles. The van der Waals surface area contributed by atoms with Gasteiger partial charge < -0.3 is 10.2 Å². The lowest BCUT2D eigenvalue weighted by Crippen LogP contribution is -2.44. The van der Waals surface area contributed by atoms with Crippen molar-refractivity contribution in [3.8, 4) is 0 Å². The summed E-state index contributed by atoms with van der Waals surface area (Å²) in [5.74, 6) is -0.249. The van der Waals surface area contributed by atoms with Gasteiger partial charge in [0.1, 0.15) is 5.82 Å². The second-order valence-electron chi connectivity index (χ2n) is 8.35. The van der Waals surface area contributed by atoms with Crippen LogP contribution in [0.2, 0.25) is 0 Å². The van der Waals surface area contributed by atoms with Gasteiger partial charge in [-0.05, 0) is 54.0 Å². The van der Waals surface area contributed by atoms with Gasteiger partial charge in [0.25, 0.3) is 0 Å². The number of nitrogens with zero attached hydrogens (tertiary/aromatic N) is 2. The van der Waals surface area contributed by atoms with E-state index >= 15 is 0 Å². The van der Waals surface area contributed by atoms with Crippen LogP contribution in [0.3, 0.4) is 0 Å². The molecule has 0 bridgehead atoms. The molecule has 8 heteroatoms. The molecular weight excluding hydrogens is 405 g/mol. The van der Waals surface area contributed by atoms with E-state index in [1.807, 2.05) is 12.1 Å². The van der Waals surface area contributed by atoms with Crippen molar-refractivity contribution in [2.45, 2.75) is 25.8 Å². The van der Waals surface area contributed by atoms with E-state index in [9.17, 15) is 17.6 Å². The number of carbonyl (C=O) groups excluding carboxylic acids is 1. The van der Waals surface area contributed by atoms with E-state index in [0.29, 0.717) is 25.3 Å². The molecule has 4 rings (SSSR count). The number of halogens is 1. The number of fused-ring (bicyclic) bond motifs is 1. The van der Waals surface area contributed by atoms with Crippen molar-refractivity contribution in [3.05, 3.63) is 65.5 Å². The van der Waals surface area contributed by atoms with E-state index in [1.165, 1.54) is 22.7 Å². The number of hydrogen-bond donors (Lipinski definition) is 1. The molecule has 0 unspecified atom stereocenters. The number of carbonyl (C=O) groups is 1. The highest BCUT2D eigenvalue weighted by molar-refractivity contribution is 7.92. The van der Waals surface area contributed by atoms with Crippen LogP contribution in [0.1, 0.15) is 24.0 Å². The van der Waals surface area contributed by atoms with Gasteiger partial charge in [-0.15, -0.1) is 0 Å². The monoisotopic (exact) mass is 431 g/mol. The van der Waals surface area contributed by atoms with E-state index < -0.39 is 10.0 Å². The lowest BCUT2D eigenvalue weighted by atomic mass is 9.96. The highest BCUT2D eigenvalue weighted by atomic mass is 32.2. The standard InChI is InChI=1S/C22H26FN3O3S/c1-30(28,29)26-13-12-25(15-18-4-2-3-5-20(18)26)21(27)24-16-22(10-11-22)14-17-6-8-19(23)9-7-17/h2-9H,10-16H2,1H3,(H,24,27). The zero-order valence-electron chi connectivity index (χ0n) is 17.0. The molecular formula is C22H26FN3O3S. The zero-order chi connectivity index (χ0) is 21.4. The summed E-state index contributed by atoms with van der Waals surface area (Å²) in [6, 6.07) is 13.6. The van der Waals surface area contributed by atoms with E-state index in [2.05, 4.69) is 5.32 Å². The summed E-state index contributed by atoms with van der Waals surface area (Å²) >= 11 is 0. The third-order valence-corrected chi connectivity index (χ3v) is 7.13. The number of urea groups is 1. The Kier molecular flexibility index (Phi) is 5.44. The predicted molar refractivity (Wildman–Crippen MR) is 114 cm³/mol. The maximum absolute atomic E-state index is 13.1. The van der Waals surface area contributed by atoms with E-state index in [0.717, 1.165) is 30.4 Å². The quantitative estimate of drug-likeness (QED) is 0.791. The molecule has 0 radical (unpaired) electrons. The maximum Gasteiger partial charge on any atom is 0.317 e. The highest BCUT2D eigenvalue weighted by Crippen LogP contribution is 2.47. The van der Waals surface area contributed by atoms with Crippen LogP contribution in [0.4, 0.5) is 14.9 Å². The summed E-state index contributed by atoms with van der Waals surface area (Å²) in [5.41, 5.74) is 2.53. The van der Waals surface area contributed by atoms with Crippen molar-refractivity contribution in [2.75, 3.05) is 30.2 Å². The van der Waals surface area contributed by atoms with Crippen LogP contribution in [-0.2, 0) is 23.0 Å². The molecule has 0 atom stereocenters. The normalized spacial score (nSPS) is 17.8. The van der Waals surface area contributed by atoms with Crippen molar-refractivity contribution < 1.29 is 17.6 Å². The van der Waals surface area contributed by atoms with Gasteiger partial charge >= 0.3 is 6.03 Å². The Bertz CT molecular complexity index is 1040. The number of anilines is 1. The van der Waals surface area contributed by atoms with Gasteiger partial charge in [0, 0.05) is 19.6 Å². The molecule has 6 nitrogen and oxygen atoms in total. The minimum atomic E-state index is -3.43. The average Bonchev–Trinajstić information content (AvgIpc) is 3.49. The maximum atomic E-state index is 13.1. The minimum Gasteiger partial charge on any atom is -0.337 e. The van der Waals surface area contributed by atoms with Gasteiger partial charge in [-0.3, -0.25) is 4.31 Å². The first-order chi connectivity index (χ1) is 14.3. The molecule has 30 heavy (non-hydrogen) atoms. The van der Waals surface area contributed by atoms with Gasteiger partial charge in [0.15, 0.2) is 0 Å². The summed E-state index contributed by atoms with van der Waals surface area (Å²) < 4.78 is 38.9. The predicted octanol–water partition coefficient (Wildman–Crippen LogP) is 3.14. The Hall–Kier alpha value is -2.61. The Morgan fingerprint density at radius 3 is 2.47 bits per heavy atom. The number of nitrogens with one attached hydrogen (secondary N) is 1. The van der Waals surface area contributed by atoms with Crippen LogP contribution in [0.5, 0.6) is 0 Å². The molecule has 1 saturated carbocycles. The molecule has 2 aromatic carbocycles. The lowest BCUT2D eigenvalue weighted by Gasteiger charge is -2.24. The number of hydrogen-bond acceptors (Lipinski definition) is 3. The van der Waals surface area contributed by atoms with Crippen LogP contribution in [0, 0.1) is 11.2 Å². The van der Waals surface area contributed by atoms with Gasteiger partial charge in [0.05, 0.1) is 18.5 Å². The second-order valence-corrected chi connectivity index (χ2v) is 10.3. The number of benzene rings is 2. The van der Waals surface area contributed by atoms with Crippen LogP contribution in [0.15, 0.2) is 48.5 Å². The molecule has 1 heterocycles. The van der Waals surface area contributed by atoms with Gasteiger partial charge in [-0.2, -0.15) is 0 Å². The van der Waals surface area contributed by atoms with Crippen molar-refractivity contribution in [2.24, 2.45) is 5.41 Å². The average molecular weight is 432 g/mol. The second kappa shape index (κ2) is 7.91. The van der Waals surface area contributed by atoms with Gasteiger partial charge in [0.2, 0.25) is 10.0 Å². The summed E-state index contributed by atoms with van der Waals surface area (Å²) in [5, 5.41) is 3.04. The Morgan fingerprint density at radius 1 is 1.10 bits per heavy atom. The number of rotatable bonds is 5. The molecule has 0 spiro atoms. The number of amides is 2. The highest BCUT2D eigenvalue weighted by Gasteiger charge is 2.43. The smallest absolute Gasteiger partial charge is 0.317 e. The van der Waals surface area contributed by atoms with Crippen molar-refractivity contribution >= 4 is 21.7 Å². The Balaban J connectivity index is 1.41. The van der Waals surface area contributed by atoms with Gasteiger partial charge in [-0.25, -0.2) is 17.6 Å². The molecule has 2 aliphatic rings. The first-order valence-corrected chi connectivity index (χ1v) is 11.9. The van der Waals surface area contributed by atoms with E-state index in [4.69, 9.17) is 0 Å². The van der Waals surface area contributed by atoms with Crippen molar-refractivity contribution in [1.82, 2.24) is 10.2 Å². The summed E-state index contributed by atoms with van der Waals surface area (Å²) in [4.78, 5) is 14.6. The summed E-state index contributed by atoms with van der Waals surface area (Å²) in [6.07, 6.45) is 4.04. The van der Waals surface area contributed by atoms with Crippen LogP contribution in [0.25, 0.3) is 0 Å². The number of sulfonamides is 1. The fourth-order valence-electron chi connectivity index (χ4n) is 4.03. The van der Waals surface area contributed by atoms with Crippen molar-refractivity contribution in [3.63, 3.8) is 0 Å². The lowest BCUT2D eigenvalue weighted by molar-refractivity contribution is 0.195. The third-order valence-electron chi connectivity index (χ3n) is 5.95. The fourth-order valence-corrected chi connectivity index (χ4v) is 4.97. The third kappa shape index (κ3) is 4.59. The zero-order valence-corrected chi connectivity index (χ0v) is 17.8. The first kappa shape index (κ1) is 20.7. The SMILES string of the molecule is CS(=O)(=O)N1CCN(C(=O)NCC2(Cc3ccc(F)cc3)CC2)Cc2ccccc21. The Labute approximate surface area is 176 Å². The molecule has 1 aliphatic heterocycles. The number of para-hydroxylation sites is 1. The van der Waals surface area contributed by atoms with E-state index in [-0.39, 0.29) is 23.8 Å². The molecule has 1 N–H and O–H groups in total. The molecule has 0 aromatic heterocycles. The molecule has 1 aliphatic carbocycles. The van der Waals surface area contributed by atoms with Crippen molar-refractivity contribution in [1.29, 1.82) is 0 Å². The summed E-state index contributed by atoms with van der Waals surface area (Å²) in [7, 11) is -3.43. The molecule has 1 fully saturated rings. The molecule has 2 amide bonds. The van der Waals surface area contributed by atoms with Gasteiger partial charge in [-0.1, -0.05) is 30.3 Å². The largest absolute Gasteiger partial charge is 0.337 e.